The molecule has 7 heteroatoms. The van der Waals surface area contributed by atoms with Crippen molar-refractivity contribution in [2.45, 2.75) is 45.8 Å². The van der Waals surface area contributed by atoms with Crippen LogP contribution in [0.3, 0.4) is 0 Å². The summed E-state index contributed by atoms with van der Waals surface area (Å²) in [5, 5.41) is 7.40. The van der Waals surface area contributed by atoms with Gasteiger partial charge in [0.25, 0.3) is 0 Å². The van der Waals surface area contributed by atoms with Gasteiger partial charge in [0, 0.05) is 26.1 Å². The lowest BCUT2D eigenvalue weighted by Crippen LogP contribution is -2.34. The Kier molecular flexibility index (Phi) is 6.11. The van der Waals surface area contributed by atoms with E-state index < -0.39 is 0 Å². The maximum Gasteiger partial charge on any atom is 0.246 e. The van der Waals surface area contributed by atoms with Crippen LogP contribution in [0.4, 0.5) is 0 Å². The summed E-state index contributed by atoms with van der Waals surface area (Å²) in [5.74, 6) is 2.34. The molecule has 0 fully saturated rings. The van der Waals surface area contributed by atoms with Crippen LogP contribution in [0.2, 0.25) is 0 Å². The molecule has 0 spiro atoms. The van der Waals surface area contributed by atoms with E-state index in [1.807, 2.05) is 17.7 Å². The monoisotopic (exact) mass is 360 g/mol. The van der Waals surface area contributed by atoms with Crippen molar-refractivity contribution >= 4 is 5.91 Å². The topological polar surface area (TPSA) is 72.5 Å². The van der Waals surface area contributed by atoms with Crippen molar-refractivity contribution in [1.29, 1.82) is 0 Å². The minimum absolute atomic E-state index is 0.0781. The fourth-order valence-corrected chi connectivity index (χ4v) is 3.27. The second-order valence-electron chi connectivity index (χ2n) is 6.97. The van der Waals surface area contributed by atoms with Crippen LogP contribution in [0.15, 0.2) is 22.6 Å². The van der Waals surface area contributed by atoms with E-state index in [9.17, 15) is 4.79 Å². The van der Waals surface area contributed by atoms with Gasteiger partial charge in [-0.3, -0.25) is 14.4 Å². The van der Waals surface area contributed by atoms with Crippen LogP contribution in [-0.2, 0) is 29.2 Å². The van der Waals surface area contributed by atoms with E-state index >= 15 is 0 Å². The molecular weight excluding hydrogens is 332 g/mol. The molecule has 1 N–H and O–H groups in total. The Bertz CT molecular complexity index is 737. The number of amides is 1. The van der Waals surface area contributed by atoms with Gasteiger partial charge < -0.3 is 14.5 Å². The van der Waals surface area contributed by atoms with E-state index in [0.717, 1.165) is 49.8 Å². The minimum Gasteiger partial charge on any atom is -0.466 e. The molecule has 0 radical (unpaired) electrons. The number of nitrogens with one attached hydrogen (secondary N) is 1. The molecule has 2 aromatic rings. The number of aromatic nitrogens is 2. The molecule has 26 heavy (non-hydrogen) atoms. The van der Waals surface area contributed by atoms with Crippen molar-refractivity contribution < 1.29 is 13.9 Å². The predicted molar refractivity (Wildman–Crippen MR) is 97.7 cm³/mol. The van der Waals surface area contributed by atoms with E-state index in [4.69, 9.17) is 9.15 Å². The lowest BCUT2D eigenvalue weighted by atomic mass is 10.0. The Labute approximate surface area is 154 Å². The summed E-state index contributed by atoms with van der Waals surface area (Å²) in [6.07, 6.45) is 1.07. The number of aryl methyl sites for hydroxylation is 1. The van der Waals surface area contributed by atoms with Gasteiger partial charge in [-0.1, -0.05) is 6.92 Å². The maximum absolute atomic E-state index is 11.5. The fraction of sp³-hybridized carbons (Fsp3) is 0.579. The molecule has 0 aliphatic carbocycles. The Morgan fingerprint density at radius 1 is 1.42 bits per heavy atom. The highest BCUT2D eigenvalue weighted by atomic mass is 16.5. The number of furan rings is 1. The van der Waals surface area contributed by atoms with E-state index in [1.54, 1.807) is 0 Å². The highest BCUT2D eigenvalue weighted by molar-refractivity contribution is 5.77. The number of fused-ring (bicyclic) bond motifs is 1. The van der Waals surface area contributed by atoms with E-state index in [2.05, 4.69) is 34.4 Å². The lowest BCUT2D eigenvalue weighted by Gasteiger charge is -2.28. The smallest absolute Gasteiger partial charge is 0.246 e. The molecule has 3 rings (SSSR count). The average molecular weight is 360 g/mol. The van der Waals surface area contributed by atoms with Gasteiger partial charge in [0.2, 0.25) is 5.91 Å². The van der Waals surface area contributed by atoms with Gasteiger partial charge >= 0.3 is 0 Å². The normalized spacial score (nSPS) is 15.7. The second-order valence-corrected chi connectivity index (χ2v) is 6.97. The molecule has 1 amide bonds. The molecule has 0 unspecified atom stereocenters. The maximum atomic E-state index is 11.5. The zero-order chi connectivity index (χ0) is 18.5. The molecule has 1 aliphatic heterocycles. The van der Waals surface area contributed by atoms with Crippen LogP contribution in [0.1, 0.15) is 42.2 Å². The lowest BCUT2D eigenvalue weighted by molar-refractivity contribution is -0.124. The average Bonchev–Trinajstić information content (AvgIpc) is 3.23. The van der Waals surface area contributed by atoms with Crippen LogP contribution in [0, 0.1) is 6.92 Å². The van der Waals surface area contributed by atoms with Crippen LogP contribution in [0.25, 0.3) is 0 Å². The number of hydrogen-bond donors (Lipinski definition) is 1. The number of methoxy groups -OCH3 is 1. The number of nitrogens with zero attached hydrogens (tertiary/aromatic N) is 3. The first kappa shape index (κ1) is 18.7. The molecule has 1 atom stereocenters. The van der Waals surface area contributed by atoms with Crippen molar-refractivity contribution in [2.75, 3.05) is 26.8 Å². The molecule has 3 heterocycles. The molecule has 142 valence electrons. The highest BCUT2D eigenvalue weighted by Crippen LogP contribution is 2.23. The Morgan fingerprint density at radius 2 is 2.27 bits per heavy atom. The van der Waals surface area contributed by atoms with Crippen LogP contribution >= 0.6 is 0 Å². The molecule has 0 aromatic carbocycles. The number of hydrogen-bond acceptors (Lipinski definition) is 5. The fourth-order valence-electron chi connectivity index (χ4n) is 3.27. The Balaban J connectivity index is 1.49. The van der Waals surface area contributed by atoms with Gasteiger partial charge in [-0.2, -0.15) is 5.10 Å². The van der Waals surface area contributed by atoms with Gasteiger partial charge in [-0.05, 0) is 38.1 Å². The molecule has 0 bridgehead atoms. The van der Waals surface area contributed by atoms with Crippen molar-refractivity contribution in [1.82, 2.24) is 20.0 Å². The summed E-state index contributed by atoms with van der Waals surface area (Å²) in [5.41, 5.74) is 2.10. The number of rotatable bonds is 8. The van der Waals surface area contributed by atoms with Gasteiger partial charge in [0.05, 0.1) is 24.5 Å². The standard InChI is InChI=1S/C19H28N4O3/c1-14(18-5-4-15(2)26-18)6-7-22-8-9-23-17(12-22)10-16(21-23)11-20-19(24)13-25-3/h4-5,10,14H,6-9,11-13H2,1-3H3,(H,20,24)/t14-/m0/s1. The van der Waals surface area contributed by atoms with E-state index in [-0.39, 0.29) is 12.5 Å². The number of carbonyl (C=O) groups is 1. The molecule has 0 saturated carbocycles. The first-order chi connectivity index (χ1) is 12.5. The summed E-state index contributed by atoms with van der Waals surface area (Å²) in [4.78, 5) is 13.9. The summed E-state index contributed by atoms with van der Waals surface area (Å²) >= 11 is 0. The zero-order valence-electron chi connectivity index (χ0n) is 15.8. The summed E-state index contributed by atoms with van der Waals surface area (Å²) in [7, 11) is 1.51. The van der Waals surface area contributed by atoms with E-state index in [1.165, 1.54) is 12.8 Å². The minimum atomic E-state index is -0.123. The van der Waals surface area contributed by atoms with Crippen LogP contribution < -0.4 is 5.32 Å². The first-order valence-corrected chi connectivity index (χ1v) is 9.15. The Morgan fingerprint density at radius 3 is 3.00 bits per heavy atom. The quantitative estimate of drug-likeness (QED) is 0.780. The second kappa shape index (κ2) is 8.51. The molecular formula is C19H28N4O3. The van der Waals surface area contributed by atoms with Crippen LogP contribution in [0.5, 0.6) is 0 Å². The summed E-state index contributed by atoms with van der Waals surface area (Å²) in [6, 6.07) is 6.19. The van der Waals surface area contributed by atoms with Gasteiger partial charge in [-0.15, -0.1) is 0 Å². The van der Waals surface area contributed by atoms with Gasteiger partial charge in [0.1, 0.15) is 18.1 Å². The van der Waals surface area contributed by atoms with Gasteiger partial charge in [-0.25, -0.2) is 0 Å². The molecule has 0 saturated heterocycles. The molecule has 1 aliphatic rings. The number of carbonyl (C=O) groups excluding carboxylic acids is 1. The largest absolute Gasteiger partial charge is 0.466 e. The van der Waals surface area contributed by atoms with E-state index in [0.29, 0.717) is 12.5 Å². The van der Waals surface area contributed by atoms with Crippen molar-refractivity contribution in [3.63, 3.8) is 0 Å². The third kappa shape index (κ3) is 4.74. The molecule has 2 aromatic heterocycles. The van der Waals surface area contributed by atoms with Crippen molar-refractivity contribution in [3.05, 3.63) is 41.1 Å². The first-order valence-electron chi connectivity index (χ1n) is 9.15. The van der Waals surface area contributed by atoms with Gasteiger partial charge in [0.15, 0.2) is 0 Å². The summed E-state index contributed by atoms with van der Waals surface area (Å²) < 4.78 is 12.6. The zero-order valence-corrected chi connectivity index (χ0v) is 15.8. The molecule has 7 nitrogen and oxygen atoms in total. The van der Waals surface area contributed by atoms with Crippen molar-refractivity contribution in [3.8, 4) is 0 Å². The predicted octanol–water partition coefficient (Wildman–Crippen LogP) is 2.06. The Hall–Kier alpha value is -2.12. The van der Waals surface area contributed by atoms with Crippen molar-refractivity contribution in [2.24, 2.45) is 0 Å². The third-order valence-electron chi connectivity index (χ3n) is 4.79. The van der Waals surface area contributed by atoms with Crippen LogP contribution in [-0.4, -0.2) is 47.4 Å². The highest BCUT2D eigenvalue weighted by Gasteiger charge is 2.20. The number of ether oxygens (including phenoxy) is 1. The summed E-state index contributed by atoms with van der Waals surface area (Å²) in [6.45, 7) is 8.52. The third-order valence-corrected chi connectivity index (χ3v) is 4.79. The SMILES string of the molecule is COCC(=O)NCc1cc2n(n1)CCN(CC[C@H](C)c1ccc(C)o1)C2.